The summed E-state index contributed by atoms with van der Waals surface area (Å²) in [6.45, 7) is -0.323. The number of benzene rings is 1. The van der Waals surface area contributed by atoms with Gasteiger partial charge in [0.05, 0.1) is 12.5 Å². The van der Waals surface area contributed by atoms with Crippen molar-refractivity contribution in [2.75, 3.05) is 20.3 Å². The normalized spacial score (nSPS) is 15.8. The minimum absolute atomic E-state index is 0.00512. The lowest BCUT2D eigenvalue weighted by atomic mass is 9.86. The van der Waals surface area contributed by atoms with Gasteiger partial charge in [-0.25, -0.2) is 4.79 Å². The van der Waals surface area contributed by atoms with Crippen LogP contribution in [0.25, 0.3) is 0 Å². The number of carbonyl (C=O) groups excluding carboxylic acids is 1. The molecule has 0 amide bonds. The summed E-state index contributed by atoms with van der Waals surface area (Å²) >= 11 is 6.34. The highest BCUT2D eigenvalue weighted by molar-refractivity contribution is 6.31. The summed E-state index contributed by atoms with van der Waals surface area (Å²) in [6, 6.07) is 7.83. The molecule has 148 valence electrons. The molecule has 8 nitrogen and oxygen atoms in total. The fourth-order valence-corrected chi connectivity index (χ4v) is 3.12. The molecule has 0 spiro atoms. The smallest absolute Gasteiger partial charge is 0.340 e. The van der Waals surface area contributed by atoms with E-state index in [0.29, 0.717) is 10.6 Å². The molecule has 9 heteroatoms. The Hall–Kier alpha value is -2.81. The van der Waals surface area contributed by atoms with Crippen LogP contribution in [-0.4, -0.2) is 31.4 Å². The Morgan fingerprint density at radius 3 is 2.75 bits per heavy atom. The highest BCUT2D eigenvalue weighted by atomic mass is 35.5. The molecule has 2 heterocycles. The maximum absolute atomic E-state index is 12.7. The molecular weight excluding hydrogens is 390 g/mol. The molecule has 0 radical (unpaired) electrons. The maximum Gasteiger partial charge on any atom is 0.340 e. The summed E-state index contributed by atoms with van der Waals surface area (Å²) in [5, 5.41) is 9.73. The third-order valence-electron chi connectivity index (χ3n) is 4.12. The third-order valence-corrected chi connectivity index (χ3v) is 4.47. The van der Waals surface area contributed by atoms with E-state index in [9.17, 15) is 14.7 Å². The first-order valence-electron chi connectivity index (χ1n) is 8.33. The predicted molar refractivity (Wildman–Crippen MR) is 98.9 cm³/mol. The van der Waals surface area contributed by atoms with Crippen LogP contribution >= 0.6 is 11.6 Å². The van der Waals surface area contributed by atoms with Crippen molar-refractivity contribution in [2.45, 2.75) is 12.5 Å². The van der Waals surface area contributed by atoms with Crippen LogP contribution < -0.4 is 15.9 Å². The van der Waals surface area contributed by atoms with E-state index in [0.717, 1.165) is 6.07 Å². The molecule has 1 aromatic heterocycles. The molecule has 1 aliphatic heterocycles. The van der Waals surface area contributed by atoms with Gasteiger partial charge in [-0.2, -0.15) is 0 Å². The van der Waals surface area contributed by atoms with Crippen molar-refractivity contribution in [1.29, 1.82) is 0 Å². The number of hydrogen-bond donors (Lipinski definition) is 2. The predicted octanol–water partition coefficient (Wildman–Crippen LogP) is 1.67. The monoisotopic (exact) mass is 407 g/mol. The van der Waals surface area contributed by atoms with Crippen LogP contribution in [0.15, 0.2) is 51.0 Å². The third kappa shape index (κ3) is 3.75. The lowest BCUT2D eigenvalue weighted by Gasteiger charge is -2.27. The lowest BCUT2D eigenvalue weighted by Crippen LogP contribution is -2.30. The Balaban J connectivity index is 2.19. The molecule has 0 saturated carbocycles. The second-order valence-corrected chi connectivity index (χ2v) is 6.30. The van der Waals surface area contributed by atoms with Gasteiger partial charge in [-0.05, 0) is 11.6 Å². The summed E-state index contributed by atoms with van der Waals surface area (Å²) in [5.74, 6) is -2.15. The molecule has 0 aliphatic carbocycles. The number of halogens is 1. The first kappa shape index (κ1) is 19.9. The van der Waals surface area contributed by atoms with Crippen LogP contribution in [0, 0.1) is 0 Å². The van der Waals surface area contributed by atoms with Gasteiger partial charge in [0.2, 0.25) is 17.1 Å². The average Bonchev–Trinajstić information content (AvgIpc) is 2.68. The number of aliphatic hydroxyl groups is 1. The number of esters is 1. The summed E-state index contributed by atoms with van der Waals surface area (Å²) in [6.07, 6.45) is 0. The second-order valence-electron chi connectivity index (χ2n) is 5.89. The Morgan fingerprint density at radius 1 is 1.32 bits per heavy atom. The Morgan fingerprint density at radius 2 is 2.07 bits per heavy atom. The molecule has 28 heavy (non-hydrogen) atoms. The molecule has 2 aromatic rings. The van der Waals surface area contributed by atoms with Crippen molar-refractivity contribution in [3.8, 4) is 5.75 Å². The minimum Gasteiger partial charge on any atom is -0.460 e. The van der Waals surface area contributed by atoms with E-state index in [4.69, 9.17) is 36.0 Å². The molecule has 1 aliphatic rings. The van der Waals surface area contributed by atoms with Gasteiger partial charge in [0.15, 0.2) is 5.76 Å². The molecule has 3 rings (SSSR count). The SMILES string of the molecule is COCCOC(=O)C1=C(N)Oc2c(oc(CO)cc2=O)[C@H]1c1ccccc1Cl. The van der Waals surface area contributed by atoms with Crippen LogP contribution in [0.4, 0.5) is 0 Å². The molecule has 3 N–H and O–H groups in total. The Labute approximate surface area is 165 Å². The van der Waals surface area contributed by atoms with Gasteiger partial charge in [0.1, 0.15) is 24.5 Å². The zero-order valence-corrected chi connectivity index (χ0v) is 15.7. The first-order chi connectivity index (χ1) is 13.5. The number of ether oxygens (including phenoxy) is 3. The largest absolute Gasteiger partial charge is 0.460 e. The van der Waals surface area contributed by atoms with E-state index in [2.05, 4.69) is 0 Å². The van der Waals surface area contributed by atoms with Crippen molar-refractivity contribution >= 4 is 17.6 Å². The van der Waals surface area contributed by atoms with Crippen molar-refractivity contribution in [2.24, 2.45) is 5.73 Å². The summed E-state index contributed by atoms with van der Waals surface area (Å²) < 4.78 is 21.1. The Kier molecular flexibility index (Phi) is 6.03. The molecule has 0 unspecified atom stereocenters. The fraction of sp³-hybridized carbons (Fsp3) is 0.263. The van der Waals surface area contributed by atoms with E-state index in [1.807, 2.05) is 0 Å². The van der Waals surface area contributed by atoms with Crippen molar-refractivity contribution in [3.63, 3.8) is 0 Å². The minimum atomic E-state index is -0.952. The highest BCUT2D eigenvalue weighted by Gasteiger charge is 2.40. The van der Waals surface area contributed by atoms with Crippen LogP contribution in [0.2, 0.25) is 5.02 Å². The van der Waals surface area contributed by atoms with Gasteiger partial charge in [-0.3, -0.25) is 4.79 Å². The van der Waals surface area contributed by atoms with Gasteiger partial charge in [-0.15, -0.1) is 0 Å². The van der Waals surface area contributed by atoms with E-state index in [1.165, 1.54) is 7.11 Å². The van der Waals surface area contributed by atoms with Crippen molar-refractivity contribution in [3.05, 3.63) is 74.1 Å². The topological polar surface area (TPSA) is 121 Å². The molecule has 1 aromatic carbocycles. The number of carbonyl (C=O) groups is 1. The van der Waals surface area contributed by atoms with Crippen LogP contribution in [-0.2, 0) is 20.9 Å². The lowest BCUT2D eigenvalue weighted by molar-refractivity contribution is -0.140. The number of rotatable bonds is 6. The van der Waals surface area contributed by atoms with E-state index in [-0.39, 0.29) is 41.9 Å². The second kappa shape index (κ2) is 8.47. The van der Waals surface area contributed by atoms with E-state index < -0.39 is 23.9 Å². The summed E-state index contributed by atoms with van der Waals surface area (Å²) in [7, 11) is 1.47. The Bertz CT molecular complexity index is 982. The summed E-state index contributed by atoms with van der Waals surface area (Å²) in [5.41, 5.74) is 5.83. The van der Waals surface area contributed by atoms with Crippen LogP contribution in [0.1, 0.15) is 23.0 Å². The number of fused-ring (bicyclic) bond motifs is 1. The number of aliphatic hydroxyl groups excluding tert-OH is 1. The number of nitrogens with two attached hydrogens (primary N) is 1. The van der Waals surface area contributed by atoms with Gasteiger partial charge >= 0.3 is 5.97 Å². The van der Waals surface area contributed by atoms with Gasteiger partial charge in [-0.1, -0.05) is 29.8 Å². The zero-order valence-electron chi connectivity index (χ0n) is 14.9. The van der Waals surface area contributed by atoms with Crippen molar-refractivity contribution < 1.29 is 28.5 Å². The average molecular weight is 408 g/mol. The number of methoxy groups -OCH3 is 1. The standard InChI is InChI=1S/C19H18ClNO7/c1-25-6-7-26-19(24)15-14(11-4-2-3-5-12(11)20)17-16(28-18(15)21)13(23)8-10(9-22)27-17/h2-5,8,14,22H,6-7,9,21H2,1H3/t14-/m0/s1. The van der Waals surface area contributed by atoms with E-state index >= 15 is 0 Å². The van der Waals surface area contributed by atoms with Crippen molar-refractivity contribution in [1.82, 2.24) is 0 Å². The van der Waals surface area contributed by atoms with Gasteiger partial charge < -0.3 is 29.5 Å². The molecule has 0 fully saturated rings. The molecule has 0 bridgehead atoms. The van der Waals surface area contributed by atoms with Crippen LogP contribution in [0.5, 0.6) is 5.75 Å². The first-order valence-corrected chi connectivity index (χ1v) is 8.71. The molecular formula is C19H18ClNO7. The summed E-state index contributed by atoms with van der Waals surface area (Å²) in [4.78, 5) is 25.1. The number of hydrogen-bond acceptors (Lipinski definition) is 8. The highest BCUT2D eigenvalue weighted by Crippen LogP contribution is 2.43. The zero-order chi connectivity index (χ0) is 20.3. The fourth-order valence-electron chi connectivity index (χ4n) is 2.88. The van der Waals surface area contributed by atoms with Crippen LogP contribution in [0.3, 0.4) is 0 Å². The van der Waals surface area contributed by atoms with Gasteiger partial charge in [0.25, 0.3) is 0 Å². The maximum atomic E-state index is 12.7. The quantitative estimate of drug-likeness (QED) is 0.548. The molecule has 0 saturated heterocycles. The van der Waals surface area contributed by atoms with E-state index in [1.54, 1.807) is 24.3 Å². The van der Waals surface area contributed by atoms with Gasteiger partial charge in [0, 0.05) is 18.2 Å². The molecule has 1 atom stereocenters.